The zero-order valence-electron chi connectivity index (χ0n) is 9.08. The van der Waals surface area contributed by atoms with Crippen LogP contribution in [0.15, 0.2) is 28.7 Å². The Balaban J connectivity index is 2.62. The highest BCUT2D eigenvalue weighted by molar-refractivity contribution is 5.82. The van der Waals surface area contributed by atoms with E-state index in [1.54, 1.807) is 0 Å². The molecule has 0 amide bonds. The van der Waals surface area contributed by atoms with Crippen LogP contribution in [0.5, 0.6) is 0 Å². The minimum Gasteiger partial charge on any atom is -0.461 e. The Hall–Kier alpha value is -1.32. The molecule has 0 aliphatic heterocycles. The number of benzene rings is 1. The smallest absolute Gasteiger partial charge is 0.134 e. The van der Waals surface area contributed by atoms with Gasteiger partial charge in [0.1, 0.15) is 11.3 Å². The van der Waals surface area contributed by atoms with E-state index < -0.39 is 0 Å². The van der Waals surface area contributed by atoms with Crippen molar-refractivity contribution in [2.45, 2.75) is 13.0 Å². The lowest BCUT2D eigenvalue weighted by molar-refractivity contribution is 0.543. The van der Waals surface area contributed by atoms with Crippen LogP contribution >= 0.6 is 0 Å². The molecular formula is C12H16N2O. The second kappa shape index (κ2) is 4.04. The van der Waals surface area contributed by atoms with Crippen LogP contribution in [0, 0.1) is 6.92 Å². The van der Waals surface area contributed by atoms with Gasteiger partial charge >= 0.3 is 0 Å². The summed E-state index contributed by atoms with van der Waals surface area (Å²) >= 11 is 0. The van der Waals surface area contributed by atoms with Crippen molar-refractivity contribution in [1.29, 1.82) is 0 Å². The number of hydrogen-bond donors (Lipinski definition) is 2. The van der Waals surface area contributed by atoms with Gasteiger partial charge in [-0.3, -0.25) is 0 Å². The quantitative estimate of drug-likeness (QED) is 0.803. The van der Waals surface area contributed by atoms with Crippen LogP contribution in [0.2, 0.25) is 0 Å². The summed E-state index contributed by atoms with van der Waals surface area (Å²) in [6, 6.07) is 8.21. The van der Waals surface area contributed by atoms with Crippen LogP contribution in [0.4, 0.5) is 0 Å². The zero-order valence-corrected chi connectivity index (χ0v) is 9.08. The summed E-state index contributed by atoms with van der Waals surface area (Å²) in [5.74, 6) is 0.945. The summed E-state index contributed by atoms with van der Waals surface area (Å²) < 4.78 is 5.69. The highest BCUT2D eigenvalue weighted by Gasteiger charge is 2.17. The average Bonchev–Trinajstić information content (AvgIpc) is 2.58. The fraction of sp³-hybridized carbons (Fsp3) is 0.333. The molecule has 1 aromatic heterocycles. The van der Waals surface area contributed by atoms with Crippen molar-refractivity contribution in [2.75, 3.05) is 13.6 Å². The van der Waals surface area contributed by atoms with Crippen LogP contribution in [-0.4, -0.2) is 13.6 Å². The predicted molar refractivity (Wildman–Crippen MR) is 61.8 cm³/mol. The third kappa shape index (κ3) is 1.64. The molecule has 3 heteroatoms. The first-order chi connectivity index (χ1) is 7.27. The summed E-state index contributed by atoms with van der Waals surface area (Å²) in [5, 5.41) is 4.35. The van der Waals surface area contributed by atoms with Gasteiger partial charge in [0.05, 0.1) is 0 Å². The Kier molecular flexibility index (Phi) is 2.75. The second-order valence-corrected chi connectivity index (χ2v) is 3.65. The van der Waals surface area contributed by atoms with E-state index >= 15 is 0 Å². The van der Waals surface area contributed by atoms with E-state index in [4.69, 9.17) is 10.2 Å². The lowest BCUT2D eigenvalue weighted by Gasteiger charge is -2.13. The third-order valence-electron chi connectivity index (χ3n) is 2.75. The third-order valence-corrected chi connectivity index (χ3v) is 2.75. The first-order valence-corrected chi connectivity index (χ1v) is 5.13. The van der Waals surface area contributed by atoms with Crippen LogP contribution in [-0.2, 0) is 0 Å². The van der Waals surface area contributed by atoms with Crippen molar-refractivity contribution < 1.29 is 4.42 Å². The molecule has 3 N–H and O–H groups in total. The number of aryl methyl sites for hydroxylation is 1. The highest BCUT2D eigenvalue weighted by Crippen LogP contribution is 2.29. The summed E-state index contributed by atoms with van der Waals surface area (Å²) in [6.45, 7) is 2.55. The SMILES string of the molecule is CNC(CN)c1c(C)oc2ccccc12. The number of fused-ring (bicyclic) bond motifs is 1. The monoisotopic (exact) mass is 204 g/mol. The topological polar surface area (TPSA) is 51.2 Å². The molecule has 0 saturated carbocycles. The van der Waals surface area contributed by atoms with E-state index in [1.165, 1.54) is 5.56 Å². The molecule has 1 unspecified atom stereocenters. The molecule has 1 heterocycles. The van der Waals surface area contributed by atoms with Crippen molar-refractivity contribution in [3.63, 3.8) is 0 Å². The maximum absolute atomic E-state index is 5.73. The number of nitrogens with one attached hydrogen (secondary N) is 1. The molecule has 3 nitrogen and oxygen atoms in total. The Morgan fingerprint density at radius 3 is 2.80 bits per heavy atom. The Labute approximate surface area is 89.3 Å². The maximum Gasteiger partial charge on any atom is 0.134 e. The van der Waals surface area contributed by atoms with E-state index in [0.29, 0.717) is 6.54 Å². The Morgan fingerprint density at radius 1 is 1.40 bits per heavy atom. The summed E-state index contributed by atoms with van der Waals surface area (Å²) in [4.78, 5) is 0. The molecule has 15 heavy (non-hydrogen) atoms. The van der Waals surface area contributed by atoms with Gasteiger partial charge in [0, 0.05) is 23.5 Å². The number of furan rings is 1. The number of likely N-dealkylation sites (N-methyl/N-ethyl adjacent to an activating group) is 1. The fourth-order valence-corrected chi connectivity index (χ4v) is 2.00. The Bertz CT molecular complexity index is 458. The van der Waals surface area contributed by atoms with Gasteiger partial charge in [0.15, 0.2) is 0 Å². The number of nitrogens with two attached hydrogens (primary N) is 1. The van der Waals surface area contributed by atoms with Crippen molar-refractivity contribution in [3.8, 4) is 0 Å². The van der Waals surface area contributed by atoms with Gasteiger partial charge in [0.25, 0.3) is 0 Å². The molecule has 0 saturated heterocycles. The molecule has 0 aliphatic carbocycles. The lowest BCUT2D eigenvalue weighted by Crippen LogP contribution is -2.25. The molecule has 80 valence electrons. The van der Waals surface area contributed by atoms with Crippen molar-refractivity contribution >= 4 is 11.0 Å². The minimum absolute atomic E-state index is 0.161. The number of para-hydroxylation sites is 1. The van der Waals surface area contributed by atoms with Gasteiger partial charge in [-0.2, -0.15) is 0 Å². The number of hydrogen-bond acceptors (Lipinski definition) is 3. The molecule has 1 aromatic carbocycles. The van der Waals surface area contributed by atoms with Crippen LogP contribution in [0.3, 0.4) is 0 Å². The minimum atomic E-state index is 0.161. The predicted octanol–water partition coefficient (Wildman–Crippen LogP) is 1.96. The fourth-order valence-electron chi connectivity index (χ4n) is 2.00. The van der Waals surface area contributed by atoms with Crippen molar-refractivity contribution in [1.82, 2.24) is 5.32 Å². The Morgan fingerprint density at radius 2 is 2.13 bits per heavy atom. The molecule has 0 aliphatic rings. The summed E-state index contributed by atoms with van der Waals surface area (Å²) in [6.07, 6.45) is 0. The summed E-state index contributed by atoms with van der Waals surface area (Å²) in [7, 11) is 1.92. The molecule has 0 radical (unpaired) electrons. The molecular weight excluding hydrogens is 188 g/mol. The molecule has 2 rings (SSSR count). The average molecular weight is 204 g/mol. The molecule has 0 fully saturated rings. The zero-order chi connectivity index (χ0) is 10.8. The van der Waals surface area contributed by atoms with Gasteiger partial charge in [-0.05, 0) is 20.0 Å². The summed E-state index contributed by atoms with van der Waals surface area (Å²) in [5.41, 5.74) is 7.84. The molecule has 2 aromatic rings. The largest absolute Gasteiger partial charge is 0.461 e. The lowest BCUT2D eigenvalue weighted by atomic mass is 10.0. The second-order valence-electron chi connectivity index (χ2n) is 3.65. The van der Waals surface area contributed by atoms with E-state index in [9.17, 15) is 0 Å². The molecule has 0 bridgehead atoms. The van der Waals surface area contributed by atoms with Crippen molar-refractivity contribution in [2.24, 2.45) is 5.73 Å². The van der Waals surface area contributed by atoms with Crippen molar-refractivity contribution in [3.05, 3.63) is 35.6 Å². The van der Waals surface area contributed by atoms with E-state index in [-0.39, 0.29) is 6.04 Å². The van der Waals surface area contributed by atoms with Gasteiger partial charge in [-0.1, -0.05) is 18.2 Å². The first kappa shape index (κ1) is 10.2. The van der Waals surface area contributed by atoms with Gasteiger partial charge in [0.2, 0.25) is 0 Å². The van der Waals surface area contributed by atoms with E-state index in [2.05, 4.69) is 11.4 Å². The van der Waals surface area contributed by atoms with Crippen LogP contribution in [0.25, 0.3) is 11.0 Å². The van der Waals surface area contributed by atoms with E-state index in [0.717, 1.165) is 16.7 Å². The van der Waals surface area contributed by atoms with Crippen LogP contribution in [0.1, 0.15) is 17.4 Å². The van der Waals surface area contributed by atoms with E-state index in [1.807, 2.05) is 32.2 Å². The molecule has 0 spiro atoms. The standard InChI is InChI=1S/C12H16N2O/c1-8-12(10(7-13)14-2)9-5-3-4-6-11(9)15-8/h3-6,10,14H,7,13H2,1-2H3. The van der Waals surface area contributed by atoms with Crippen LogP contribution < -0.4 is 11.1 Å². The normalized spacial score (nSPS) is 13.3. The molecule has 1 atom stereocenters. The first-order valence-electron chi connectivity index (χ1n) is 5.13. The highest BCUT2D eigenvalue weighted by atomic mass is 16.3. The van der Waals surface area contributed by atoms with Gasteiger partial charge in [-0.15, -0.1) is 0 Å². The van der Waals surface area contributed by atoms with Gasteiger partial charge in [-0.25, -0.2) is 0 Å². The number of rotatable bonds is 3. The maximum atomic E-state index is 5.73. The van der Waals surface area contributed by atoms with Gasteiger partial charge < -0.3 is 15.5 Å².